The molecule has 2 aromatic rings. The Morgan fingerprint density at radius 3 is 2.45 bits per heavy atom. The van der Waals surface area contributed by atoms with Crippen molar-refractivity contribution < 1.29 is 4.74 Å². The summed E-state index contributed by atoms with van der Waals surface area (Å²) in [6.45, 7) is 2.78. The summed E-state index contributed by atoms with van der Waals surface area (Å²) in [5.41, 5.74) is 0.846. The summed E-state index contributed by atoms with van der Waals surface area (Å²) in [7, 11) is 1.72. The first kappa shape index (κ1) is 14.3. The molecule has 1 aromatic heterocycles. The van der Waals surface area contributed by atoms with Crippen LogP contribution in [0, 0.1) is 0 Å². The van der Waals surface area contributed by atoms with E-state index in [-0.39, 0.29) is 5.28 Å². The van der Waals surface area contributed by atoms with Gasteiger partial charge in [0, 0.05) is 12.7 Å². The average Bonchev–Trinajstić information content (AvgIpc) is 2.46. The number of anilines is 3. The van der Waals surface area contributed by atoms with Crippen molar-refractivity contribution in [3.05, 3.63) is 29.5 Å². The van der Waals surface area contributed by atoms with Crippen LogP contribution in [0.15, 0.2) is 24.3 Å². The van der Waals surface area contributed by atoms with Gasteiger partial charge in [0.05, 0.1) is 6.61 Å². The van der Waals surface area contributed by atoms with E-state index in [0.717, 1.165) is 17.9 Å². The van der Waals surface area contributed by atoms with E-state index in [9.17, 15) is 0 Å². The maximum Gasteiger partial charge on any atom is 0.233 e. The van der Waals surface area contributed by atoms with E-state index in [1.54, 1.807) is 7.05 Å². The summed E-state index contributed by atoms with van der Waals surface area (Å²) in [6, 6.07) is 7.56. The topological polar surface area (TPSA) is 72.0 Å². The molecule has 20 heavy (non-hydrogen) atoms. The molecule has 1 heterocycles. The van der Waals surface area contributed by atoms with E-state index in [1.807, 2.05) is 24.3 Å². The Labute approximate surface area is 122 Å². The SMILES string of the molecule is CCCOc1ccc(Nc2nc(Cl)nc(NC)n2)cc1. The lowest BCUT2D eigenvalue weighted by atomic mass is 10.3. The Morgan fingerprint density at radius 2 is 1.80 bits per heavy atom. The van der Waals surface area contributed by atoms with Crippen LogP contribution in [0.5, 0.6) is 5.75 Å². The van der Waals surface area contributed by atoms with Crippen molar-refractivity contribution in [3.63, 3.8) is 0 Å². The number of halogens is 1. The summed E-state index contributed by atoms with van der Waals surface area (Å²) >= 11 is 5.82. The van der Waals surface area contributed by atoms with Crippen LogP contribution in [0.1, 0.15) is 13.3 Å². The summed E-state index contributed by atoms with van der Waals surface area (Å²) in [5.74, 6) is 1.63. The summed E-state index contributed by atoms with van der Waals surface area (Å²) in [5, 5.41) is 6.01. The fraction of sp³-hybridized carbons (Fsp3) is 0.308. The lowest BCUT2D eigenvalue weighted by Gasteiger charge is -2.08. The quantitative estimate of drug-likeness (QED) is 0.853. The van der Waals surface area contributed by atoms with Crippen LogP contribution in [-0.4, -0.2) is 28.6 Å². The Kier molecular flexibility index (Phi) is 4.95. The molecule has 0 saturated carbocycles. The molecule has 0 aliphatic carbocycles. The summed E-state index contributed by atoms with van der Waals surface area (Å²) in [6.07, 6.45) is 0.982. The second-order valence-electron chi connectivity index (χ2n) is 4.00. The van der Waals surface area contributed by atoms with Gasteiger partial charge in [0.2, 0.25) is 17.2 Å². The molecule has 0 saturated heterocycles. The van der Waals surface area contributed by atoms with Crippen LogP contribution in [0.3, 0.4) is 0 Å². The van der Waals surface area contributed by atoms with Crippen molar-refractivity contribution >= 4 is 29.2 Å². The maximum atomic E-state index is 5.82. The van der Waals surface area contributed by atoms with Crippen molar-refractivity contribution in [1.29, 1.82) is 0 Å². The number of hydrogen-bond acceptors (Lipinski definition) is 6. The van der Waals surface area contributed by atoms with Crippen LogP contribution in [0.2, 0.25) is 5.28 Å². The van der Waals surface area contributed by atoms with E-state index in [1.165, 1.54) is 0 Å². The second-order valence-corrected chi connectivity index (χ2v) is 4.34. The standard InChI is InChI=1S/C13H16ClN5O/c1-3-8-20-10-6-4-9(5-7-10)16-13-18-11(14)17-12(15-2)19-13/h4-7H,3,8H2,1-2H3,(H2,15,16,17,18,19). The third-order valence-corrected chi connectivity index (χ3v) is 2.58. The Morgan fingerprint density at radius 1 is 1.10 bits per heavy atom. The van der Waals surface area contributed by atoms with Gasteiger partial charge in [-0.05, 0) is 42.3 Å². The molecule has 1 aromatic carbocycles. The highest BCUT2D eigenvalue weighted by Gasteiger charge is 2.04. The van der Waals surface area contributed by atoms with Crippen molar-refractivity contribution in [3.8, 4) is 5.75 Å². The Balaban J connectivity index is 2.07. The summed E-state index contributed by atoms with van der Waals surface area (Å²) in [4.78, 5) is 12.1. The van der Waals surface area contributed by atoms with E-state index in [0.29, 0.717) is 18.5 Å². The van der Waals surface area contributed by atoms with Gasteiger partial charge in [0.15, 0.2) is 0 Å². The molecule has 0 aliphatic rings. The molecule has 7 heteroatoms. The zero-order chi connectivity index (χ0) is 14.4. The summed E-state index contributed by atoms with van der Waals surface area (Å²) < 4.78 is 5.52. The normalized spacial score (nSPS) is 10.2. The predicted octanol–water partition coefficient (Wildman–Crippen LogP) is 3.10. The minimum absolute atomic E-state index is 0.134. The molecular weight excluding hydrogens is 278 g/mol. The lowest BCUT2D eigenvalue weighted by molar-refractivity contribution is 0.317. The van der Waals surface area contributed by atoms with Gasteiger partial charge in [0.1, 0.15) is 5.75 Å². The van der Waals surface area contributed by atoms with Gasteiger partial charge in [-0.3, -0.25) is 0 Å². The number of ether oxygens (including phenoxy) is 1. The smallest absolute Gasteiger partial charge is 0.233 e. The number of rotatable bonds is 6. The molecule has 2 N–H and O–H groups in total. The van der Waals surface area contributed by atoms with E-state index < -0.39 is 0 Å². The Hall–Kier alpha value is -2.08. The number of benzene rings is 1. The fourth-order valence-corrected chi connectivity index (χ4v) is 1.66. The van der Waals surface area contributed by atoms with E-state index in [4.69, 9.17) is 16.3 Å². The molecule has 0 bridgehead atoms. The van der Waals surface area contributed by atoms with Gasteiger partial charge in [-0.15, -0.1) is 0 Å². The largest absolute Gasteiger partial charge is 0.494 e. The third-order valence-electron chi connectivity index (χ3n) is 2.42. The highest BCUT2D eigenvalue weighted by atomic mass is 35.5. The van der Waals surface area contributed by atoms with Gasteiger partial charge in [-0.25, -0.2) is 0 Å². The van der Waals surface area contributed by atoms with Crippen molar-refractivity contribution in [2.45, 2.75) is 13.3 Å². The molecule has 6 nitrogen and oxygen atoms in total. The molecule has 0 unspecified atom stereocenters. The monoisotopic (exact) mass is 293 g/mol. The van der Waals surface area contributed by atoms with E-state index >= 15 is 0 Å². The van der Waals surface area contributed by atoms with Gasteiger partial charge in [-0.2, -0.15) is 15.0 Å². The molecule has 0 aliphatic heterocycles. The maximum absolute atomic E-state index is 5.82. The van der Waals surface area contributed by atoms with Crippen LogP contribution >= 0.6 is 11.6 Å². The lowest BCUT2D eigenvalue weighted by Crippen LogP contribution is -2.03. The predicted molar refractivity (Wildman–Crippen MR) is 79.9 cm³/mol. The second kappa shape index (κ2) is 6.91. The third kappa shape index (κ3) is 3.96. The van der Waals surface area contributed by atoms with Gasteiger partial charge < -0.3 is 15.4 Å². The molecule has 0 radical (unpaired) electrons. The Bertz CT molecular complexity index is 561. The van der Waals surface area contributed by atoms with Gasteiger partial charge in [0.25, 0.3) is 0 Å². The minimum Gasteiger partial charge on any atom is -0.494 e. The first-order chi connectivity index (χ1) is 9.71. The molecule has 0 atom stereocenters. The first-order valence-electron chi connectivity index (χ1n) is 6.30. The minimum atomic E-state index is 0.134. The first-order valence-corrected chi connectivity index (χ1v) is 6.68. The fourth-order valence-electron chi connectivity index (χ4n) is 1.50. The number of nitrogens with one attached hydrogen (secondary N) is 2. The van der Waals surface area contributed by atoms with Gasteiger partial charge >= 0.3 is 0 Å². The number of hydrogen-bond donors (Lipinski definition) is 2. The molecule has 0 amide bonds. The van der Waals surface area contributed by atoms with Crippen LogP contribution < -0.4 is 15.4 Å². The number of nitrogens with zero attached hydrogens (tertiary/aromatic N) is 3. The molecule has 106 valence electrons. The molecule has 2 rings (SSSR count). The highest BCUT2D eigenvalue weighted by molar-refractivity contribution is 6.28. The van der Waals surface area contributed by atoms with Crippen LogP contribution in [0.25, 0.3) is 0 Å². The number of aromatic nitrogens is 3. The van der Waals surface area contributed by atoms with Crippen molar-refractivity contribution in [2.24, 2.45) is 0 Å². The van der Waals surface area contributed by atoms with Crippen LogP contribution in [0.4, 0.5) is 17.6 Å². The average molecular weight is 294 g/mol. The van der Waals surface area contributed by atoms with Crippen molar-refractivity contribution in [1.82, 2.24) is 15.0 Å². The van der Waals surface area contributed by atoms with E-state index in [2.05, 4.69) is 32.5 Å². The molecular formula is C13H16ClN5O. The van der Waals surface area contributed by atoms with Gasteiger partial charge in [-0.1, -0.05) is 6.92 Å². The zero-order valence-electron chi connectivity index (χ0n) is 11.4. The molecule has 0 spiro atoms. The van der Waals surface area contributed by atoms with Crippen LogP contribution in [-0.2, 0) is 0 Å². The zero-order valence-corrected chi connectivity index (χ0v) is 12.1. The molecule has 0 fully saturated rings. The highest BCUT2D eigenvalue weighted by Crippen LogP contribution is 2.19. The van der Waals surface area contributed by atoms with Crippen molar-refractivity contribution in [2.75, 3.05) is 24.3 Å².